The van der Waals surface area contributed by atoms with Crippen LogP contribution >= 0.6 is 0 Å². The van der Waals surface area contributed by atoms with E-state index in [-0.39, 0.29) is 6.61 Å². The first kappa shape index (κ1) is 12.4. The first-order chi connectivity index (χ1) is 8.57. The smallest absolute Gasteiger partial charge is 0.327 e. The van der Waals surface area contributed by atoms with Crippen LogP contribution in [0.5, 0.6) is 0 Å². The third-order valence-electron chi connectivity index (χ3n) is 3.18. The van der Waals surface area contributed by atoms with Gasteiger partial charge < -0.3 is 14.7 Å². The number of para-hydroxylation sites is 1. The van der Waals surface area contributed by atoms with E-state index in [1.54, 1.807) is 31.0 Å². The number of fused-ring (bicyclic) bond motifs is 1. The molecule has 0 aliphatic carbocycles. The van der Waals surface area contributed by atoms with Gasteiger partial charge in [0.1, 0.15) is 12.0 Å². The van der Waals surface area contributed by atoms with Gasteiger partial charge in [-0.2, -0.15) is 0 Å². The van der Waals surface area contributed by atoms with Crippen LogP contribution in [0.4, 0.5) is 5.69 Å². The average Bonchev–Trinajstić information content (AvgIpc) is 2.64. The van der Waals surface area contributed by atoms with Crippen molar-refractivity contribution in [1.82, 2.24) is 0 Å². The largest absolute Gasteiger partial charge is 0.480 e. The molecule has 0 saturated heterocycles. The van der Waals surface area contributed by atoms with Crippen LogP contribution in [-0.2, 0) is 14.3 Å². The summed E-state index contributed by atoms with van der Waals surface area (Å²) in [5.41, 5.74) is 1.48. The van der Waals surface area contributed by atoms with E-state index >= 15 is 0 Å². The van der Waals surface area contributed by atoms with Crippen LogP contribution in [0.15, 0.2) is 24.3 Å². The molecular weight excluding hydrogens is 234 g/mol. The summed E-state index contributed by atoms with van der Waals surface area (Å²) < 4.78 is 4.98. The Kier molecular flexibility index (Phi) is 3.23. The van der Waals surface area contributed by atoms with Gasteiger partial charge in [-0.1, -0.05) is 18.2 Å². The maximum atomic E-state index is 12.0. The second kappa shape index (κ2) is 4.68. The zero-order valence-corrected chi connectivity index (χ0v) is 10.3. The molecular formula is C13H15NO4. The Bertz CT molecular complexity index is 486. The summed E-state index contributed by atoms with van der Waals surface area (Å²) in [6, 6.07) is 6.30. The fourth-order valence-corrected chi connectivity index (χ4v) is 2.41. The summed E-state index contributed by atoms with van der Waals surface area (Å²) in [5.74, 6) is -2.27. The van der Waals surface area contributed by atoms with Crippen LogP contribution in [0, 0.1) is 0 Å². The number of likely N-dealkylation sites (N-methyl/N-ethyl adjacent to an activating group) is 1. The SMILES string of the molecule is CCOC(=O)C1c2ccccc2N(C)C1C(=O)O. The number of aliphatic carboxylic acids is 1. The fourth-order valence-electron chi connectivity index (χ4n) is 2.41. The number of carbonyl (C=O) groups excluding carboxylic acids is 1. The number of anilines is 1. The Labute approximate surface area is 105 Å². The van der Waals surface area contributed by atoms with Gasteiger partial charge in [0.2, 0.25) is 0 Å². The molecule has 5 heteroatoms. The first-order valence-electron chi connectivity index (χ1n) is 5.79. The molecule has 5 nitrogen and oxygen atoms in total. The summed E-state index contributed by atoms with van der Waals surface area (Å²) in [7, 11) is 1.68. The molecule has 0 aromatic heterocycles. The minimum absolute atomic E-state index is 0.244. The summed E-state index contributed by atoms with van der Waals surface area (Å²) in [4.78, 5) is 24.9. The van der Waals surface area contributed by atoms with Crippen molar-refractivity contribution in [3.63, 3.8) is 0 Å². The van der Waals surface area contributed by atoms with E-state index in [1.165, 1.54) is 0 Å². The average molecular weight is 249 g/mol. The van der Waals surface area contributed by atoms with E-state index in [9.17, 15) is 14.7 Å². The number of carboxylic acid groups (broad SMARTS) is 1. The number of benzene rings is 1. The third-order valence-corrected chi connectivity index (χ3v) is 3.18. The molecule has 2 atom stereocenters. The number of ether oxygens (including phenoxy) is 1. The van der Waals surface area contributed by atoms with Crippen LogP contribution in [0.1, 0.15) is 18.4 Å². The number of carboxylic acids is 1. The molecule has 96 valence electrons. The number of hydrogen-bond donors (Lipinski definition) is 1. The van der Waals surface area contributed by atoms with Gasteiger partial charge in [-0.3, -0.25) is 4.79 Å². The van der Waals surface area contributed by atoms with Crippen molar-refractivity contribution < 1.29 is 19.4 Å². The maximum absolute atomic E-state index is 12.0. The van der Waals surface area contributed by atoms with Gasteiger partial charge in [0.25, 0.3) is 0 Å². The molecule has 0 fully saturated rings. The van der Waals surface area contributed by atoms with Gasteiger partial charge in [-0.25, -0.2) is 4.79 Å². The summed E-state index contributed by atoms with van der Waals surface area (Å²) in [6.45, 7) is 1.95. The van der Waals surface area contributed by atoms with E-state index in [4.69, 9.17) is 4.74 Å². The van der Waals surface area contributed by atoms with Gasteiger partial charge in [0.05, 0.1) is 6.61 Å². The Hall–Kier alpha value is -2.04. The molecule has 0 bridgehead atoms. The lowest BCUT2D eigenvalue weighted by Crippen LogP contribution is -2.41. The van der Waals surface area contributed by atoms with Gasteiger partial charge in [0, 0.05) is 12.7 Å². The van der Waals surface area contributed by atoms with Crippen LogP contribution < -0.4 is 4.90 Å². The van der Waals surface area contributed by atoms with Crippen LogP contribution in [0.2, 0.25) is 0 Å². The Morgan fingerprint density at radius 2 is 2.06 bits per heavy atom. The van der Waals surface area contributed by atoms with Crippen molar-refractivity contribution in [3.05, 3.63) is 29.8 Å². The van der Waals surface area contributed by atoms with Gasteiger partial charge in [-0.15, -0.1) is 0 Å². The lowest BCUT2D eigenvalue weighted by atomic mass is 9.95. The third kappa shape index (κ3) is 1.81. The number of nitrogens with zero attached hydrogens (tertiary/aromatic N) is 1. The van der Waals surface area contributed by atoms with Crippen molar-refractivity contribution in [2.75, 3.05) is 18.6 Å². The van der Waals surface area contributed by atoms with E-state index in [1.807, 2.05) is 12.1 Å². The van der Waals surface area contributed by atoms with Crippen LogP contribution in [-0.4, -0.2) is 36.7 Å². The topological polar surface area (TPSA) is 66.8 Å². The summed E-state index contributed by atoms with van der Waals surface area (Å²) in [5, 5.41) is 9.29. The zero-order valence-electron chi connectivity index (χ0n) is 10.3. The lowest BCUT2D eigenvalue weighted by Gasteiger charge is -2.21. The Morgan fingerprint density at radius 1 is 1.39 bits per heavy atom. The van der Waals surface area contributed by atoms with Crippen molar-refractivity contribution in [2.45, 2.75) is 18.9 Å². The highest BCUT2D eigenvalue weighted by Crippen LogP contribution is 2.40. The molecule has 0 radical (unpaired) electrons. The summed E-state index contributed by atoms with van der Waals surface area (Å²) in [6.07, 6.45) is 0. The quantitative estimate of drug-likeness (QED) is 0.816. The molecule has 1 aromatic rings. The number of hydrogen-bond acceptors (Lipinski definition) is 4. The molecule has 1 aliphatic rings. The molecule has 0 amide bonds. The van der Waals surface area contributed by atoms with E-state index in [2.05, 4.69) is 0 Å². The number of carbonyl (C=O) groups is 2. The highest BCUT2D eigenvalue weighted by Gasteiger charge is 2.46. The first-order valence-corrected chi connectivity index (χ1v) is 5.79. The van der Waals surface area contributed by atoms with Crippen molar-refractivity contribution in [1.29, 1.82) is 0 Å². The van der Waals surface area contributed by atoms with Crippen molar-refractivity contribution in [3.8, 4) is 0 Å². The molecule has 2 unspecified atom stereocenters. The predicted molar refractivity (Wildman–Crippen MR) is 65.6 cm³/mol. The Morgan fingerprint density at radius 3 is 2.67 bits per heavy atom. The molecule has 2 rings (SSSR count). The molecule has 0 spiro atoms. The van der Waals surface area contributed by atoms with Crippen molar-refractivity contribution in [2.24, 2.45) is 0 Å². The second-order valence-electron chi connectivity index (χ2n) is 4.18. The molecule has 1 N–H and O–H groups in total. The second-order valence-corrected chi connectivity index (χ2v) is 4.18. The molecule has 1 heterocycles. The minimum Gasteiger partial charge on any atom is -0.480 e. The van der Waals surface area contributed by atoms with Gasteiger partial charge in [0.15, 0.2) is 0 Å². The van der Waals surface area contributed by atoms with E-state index in [0.29, 0.717) is 5.56 Å². The standard InChI is InChI=1S/C13H15NO4/c1-3-18-13(17)10-8-6-4-5-7-9(8)14(2)11(10)12(15)16/h4-7,10-11H,3H2,1-2H3,(H,15,16). The number of esters is 1. The monoisotopic (exact) mass is 249 g/mol. The van der Waals surface area contributed by atoms with Crippen LogP contribution in [0.25, 0.3) is 0 Å². The van der Waals surface area contributed by atoms with E-state index < -0.39 is 23.9 Å². The molecule has 1 aliphatic heterocycles. The molecule has 1 aromatic carbocycles. The van der Waals surface area contributed by atoms with Gasteiger partial charge in [-0.05, 0) is 18.6 Å². The van der Waals surface area contributed by atoms with Crippen LogP contribution in [0.3, 0.4) is 0 Å². The highest BCUT2D eigenvalue weighted by molar-refractivity contribution is 5.95. The molecule has 18 heavy (non-hydrogen) atoms. The lowest BCUT2D eigenvalue weighted by molar-refractivity contribution is -0.150. The predicted octanol–water partition coefficient (Wildman–Crippen LogP) is 1.24. The number of rotatable bonds is 3. The highest BCUT2D eigenvalue weighted by atomic mass is 16.5. The fraction of sp³-hybridized carbons (Fsp3) is 0.385. The van der Waals surface area contributed by atoms with Crippen molar-refractivity contribution >= 4 is 17.6 Å². The molecule has 0 saturated carbocycles. The minimum atomic E-state index is -1.02. The summed E-state index contributed by atoms with van der Waals surface area (Å²) >= 11 is 0. The maximum Gasteiger partial charge on any atom is 0.327 e. The van der Waals surface area contributed by atoms with Gasteiger partial charge >= 0.3 is 11.9 Å². The zero-order chi connectivity index (χ0) is 13.3. The van der Waals surface area contributed by atoms with E-state index in [0.717, 1.165) is 5.69 Å². The normalized spacial score (nSPS) is 21.6. The Balaban J connectivity index is 2.46.